The SMILES string of the molecule is CCCCn1c(CN(CCC(C)C)C(=O)c2ccccc2C)nc2ccccc21. The van der Waals surface area contributed by atoms with Gasteiger partial charge in [-0.3, -0.25) is 4.79 Å². The lowest BCUT2D eigenvalue weighted by molar-refractivity contribution is 0.0728. The highest BCUT2D eigenvalue weighted by molar-refractivity contribution is 5.95. The first-order valence-corrected chi connectivity index (χ1v) is 10.8. The van der Waals surface area contributed by atoms with Gasteiger partial charge in [0, 0.05) is 18.7 Å². The third kappa shape index (κ3) is 5.06. The summed E-state index contributed by atoms with van der Waals surface area (Å²) in [6.07, 6.45) is 3.21. The summed E-state index contributed by atoms with van der Waals surface area (Å²) >= 11 is 0. The summed E-state index contributed by atoms with van der Waals surface area (Å²) in [4.78, 5) is 20.3. The van der Waals surface area contributed by atoms with Gasteiger partial charge >= 0.3 is 0 Å². The topological polar surface area (TPSA) is 38.1 Å². The van der Waals surface area contributed by atoms with Gasteiger partial charge in [-0.1, -0.05) is 57.5 Å². The quantitative estimate of drug-likeness (QED) is 0.460. The van der Waals surface area contributed by atoms with Crippen molar-refractivity contribution in [1.82, 2.24) is 14.5 Å². The summed E-state index contributed by atoms with van der Waals surface area (Å²) in [7, 11) is 0. The summed E-state index contributed by atoms with van der Waals surface area (Å²) < 4.78 is 2.30. The van der Waals surface area contributed by atoms with E-state index in [-0.39, 0.29) is 5.91 Å². The van der Waals surface area contributed by atoms with Crippen molar-refractivity contribution in [3.63, 3.8) is 0 Å². The van der Waals surface area contributed by atoms with Gasteiger partial charge in [0.1, 0.15) is 5.82 Å². The van der Waals surface area contributed by atoms with Gasteiger partial charge < -0.3 is 9.47 Å². The summed E-state index contributed by atoms with van der Waals surface area (Å²) in [5, 5.41) is 0. The normalized spacial score (nSPS) is 11.3. The van der Waals surface area contributed by atoms with E-state index in [1.807, 2.05) is 42.2 Å². The van der Waals surface area contributed by atoms with Crippen LogP contribution in [0.5, 0.6) is 0 Å². The Morgan fingerprint density at radius 1 is 1.10 bits per heavy atom. The monoisotopic (exact) mass is 391 g/mol. The first-order valence-electron chi connectivity index (χ1n) is 10.8. The van der Waals surface area contributed by atoms with Crippen LogP contribution < -0.4 is 0 Å². The average molecular weight is 392 g/mol. The minimum atomic E-state index is 0.0952. The molecule has 0 unspecified atom stereocenters. The van der Waals surface area contributed by atoms with Crippen LogP contribution in [0.25, 0.3) is 11.0 Å². The van der Waals surface area contributed by atoms with Gasteiger partial charge in [-0.15, -0.1) is 0 Å². The van der Waals surface area contributed by atoms with E-state index in [1.54, 1.807) is 0 Å². The van der Waals surface area contributed by atoms with E-state index in [0.717, 1.165) is 60.3 Å². The standard InChI is InChI=1S/C25H33N3O/c1-5-6-16-28-23-14-10-9-13-22(23)26-24(28)18-27(17-15-19(2)3)25(29)21-12-8-7-11-20(21)4/h7-14,19H,5-6,15-18H2,1-4H3. The molecule has 154 valence electrons. The Hall–Kier alpha value is -2.62. The molecule has 0 aliphatic heterocycles. The van der Waals surface area contributed by atoms with E-state index in [0.29, 0.717) is 12.5 Å². The van der Waals surface area contributed by atoms with Crippen LogP contribution in [0, 0.1) is 12.8 Å². The molecule has 0 saturated carbocycles. The average Bonchev–Trinajstić information content (AvgIpc) is 3.06. The van der Waals surface area contributed by atoms with Crippen LogP contribution in [-0.2, 0) is 13.1 Å². The Morgan fingerprint density at radius 2 is 1.83 bits per heavy atom. The first-order chi connectivity index (χ1) is 14.0. The van der Waals surface area contributed by atoms with Gasteiger partial charge in [0.25, 0.3) is 5.91 Å². The van der Waals surface area contributed by atoms with Crippen molar-refractivity contribution in [2.75, 3.05) is 6.54 Å². The molecule has 1 amide bonds. The van der Waals surface area contributed by atoms with Crippen molar-refractivity contribution in [3.8, 4) is 0 Å². The number of carbonyl (C=O) groups is 1. The number of para-hydroxylation sites is 2. The molecule has 3 aromatic rings. The Balaban J connectivity index is 1.95. The van der Waals surface area contributed by atoms with Crippen molar-refractivity contribution < 1.29 is 4.79 Å². The maximum atomic E-state index is 13.4. The van der Waals surface area contributed by atoms with Gasteiger partial charge in [-0.2, -0.15) is 0 Å². The number of aromatic nitrogens is 2. The number of hydrogen-bond donors (Lipinski definition) is 0. The number of imidazole rings is 1. The minimum Gasteiger partial charge on any atom is -0.331 e. The van der Waals surface area contributed by atoms with Gasteiger partial charge in [0.05, 0.1) is 17.6 Å². The molecule has 4 heteroatoms. The maximum Gasteiger partial charge on any atom is 0.254 e. The van der Waals surface area contributed by atoms with Gasteiger partial charge in [0.15, 0.2) is 0 Å². The molecular formula is C25H33N3O. The van der Waals surface area contributed by atoms with Crippen molar-refractivity contribution in [2.24, 2.45) is 5.92 Å². The number of rotatable bonds is 9. The van der Waals surface area contributed by atoms with Crippen LogP contribution in [0.3, 0.4) is 0 Å². The van der Waals surface area contributed by atoms with Crippen LogP contribution in [0.15, 0.2) is 48.5 Å². The number of benzene rings is 2. The molecule has 0 saturated heterocycles. The number of amides is 1. The van der Waals surface area contributed by atoms with Crippen molar-refractivity contribution >= 4 is 16.9 Å². The maximum absolute atomic E-state index is 13.4. The lowest BCUT2D eigenvalue weighted by atomic mass is 10.1. The number of hydrogen-bond acceptors (Lipinski definition) is 2. The number of unbranched alkanes of at least 4 members (excludes halogenated alkanes) is 1. The van der Waals surface area contributed by atoms with Crippen LogP contribution in [0.2, 0.25) is 0 Å². The van der Waals surface area contributed by atoms with Crippen LogP contribution in [0.4, 0.5) is 0 Å². The highest BCUT2D eigenvalue weighted by atomic mass is 16.2. The first kappa shape index (κ1) is 21.1. The Kier molecular flexibility index (Phi) is 7.08. The molecule has 0 radical (unpaired) electrons. The van der Waals surface area contributed by atoms with E-state index in [9.17, 15) is 4.79 Å². The summed E-state index contributed by atoms with van der Waals surface area (Å²) in [6, 6.07) is 16.1. The second kappa shape index (κ2) is 9.73. The molecule has 0 spiro atoms. The highest BCUT2D eigenvalue weighted by Gasteiger charge is 2.21. The molecule has 29 heavy (non-hydrogen) atoms. The van der Waals surface area contributed by atoms with Crippen LogP contribution in [-0.4, -0.2) is 26.9 Å². The smallest absolute Gasteiger partial charge is 0.254 e. The number of fused-ring (bicyclic) bond motifs is 1. The van der Waals surface area contributed by atoms with Crippen LogP contribution >= 0.6 is 0 Å². The molecule has 0 atom stereocenters. The fourth-order valence-corrected chi connectivity index (χ4v) is 3.63. The number of carbonyl (C=O) groups excluding carboxylic acids is 1. The third-order valence-corrected chi connectivity index (χ3v) is 5.44. The molecular weight excluding hydrogens is 358 g/mol. The number of aryl methyl sites for hydroxylation is 2. The molecule has 0 aliphatic rings. The molecule has 1 heterocycles. The van der Waals surface area contributed by atoms with Crippen molar-refractivity contribution in [1.29, 1.82) is 0 Å². The zero-order valence-corrected chi connectivity index (χ0v) is 18.2. The molecule has 0 N–H and O–H groups in total. The largest absolute Gasteiger partial charge is 0.331 e. The molecule has 0 aliphatic carbocycles. The van der Waals surface area contributed by atoms with E-state index < -0.39 is 0 Å². The van der Waals surface area contributed by atoms with E-state index in [4.69, 9.17) is 4.98 Å². The number of nitrogens with zero attached hydrogens (tertiary/aromatic N) is 3. The Morgan fingerprint density at radius 3 is 2.55 bits per heavy atom. The molecule has 0 bridgehead atoms. The second-order valence-corrected chi connectivity index (χ2v) is 8.25. The lowest BCUT2D eigenvalue weighted by Gasteiger charge is -2.24. The molecule has 4 nitrogen and oxygen atoms in total. The van der Waals surface area contributed by atoms with Gasteiger partial charge in [-0.25, -0.2) is 4.98 Å². The van der Waals surface area contributed by atoms with E-state index in [2.05, 4.69) is 43.5 Å². The predicted molar refractivity (Wildman–Crippen MR) is 120 cm³/mol. The predicted octanol–water partition coefficient (Wildman–Crippen LogP) is 5.83. The van der Waals surface area contributed by atoms with Gasteiger partial charge in [0.2, 0.25) is 0 Å². The van der Waals surface area contributed by atoms with Crippen molar-refractivity contribution in [2.45, 2.75) is 60.0 Å². The fraction of sp³-hybridized carbons (Fsp3) is 0.440. The third-order valence-electron chi connectivity index (χ3n) is 5.44. The van der Waals surface area contributed by atoms with Gasteiger partial charge in [-0.05, 0) is 49.4 Å². The zero-order valence-electron chi connectivity index (χ0n) is 18.2. The minimum absolute atomic E-state index is 0.0952. The molecule has 0 fully saturated rings. The Labute approximate surface area is 174 Å². The lowest BCUT2D eigenvalue weighted by Crippen LogP contribution is -2.33. The zero-order chi connectivity index (χ0) is 20.8. The fourth-order valence-electron chi connectivity index (χ4n) is 3.63. The van der Waals surface area contributed by atoms with E-state index in [1.165, 1.54) is 0 Å². The van der Waals surface area contributed by atoms with Crippen molar-refractivity contribution in [3.05, 3.63) is 65.5 Å². The summed E-state index contributed by atoms with van der Waals surface area (Å²) in [6.45, 7) is 10.8. The van der Waals surface area contributed by atoms with E-state index >= 15 is 0 Å². The Bertz CT molecular complexity index is 958. The molecule has 3 rings (SSSR count). The molecule has 1 aromatic heterocycles. The van der Waals surface area contributed by atoms with Crippen LogP contribution in [0.1, 0.15) is 61.8 Å². The highest BCUT2D eigenvalue weighted by Crippen LogP contribution is 2.20. The summed E-state index contributed by atoms with van der Waals surface area (Å²) in [5.74, 6) is 1.62. The molecule has 2 aromatic carbocycles. The second-order valence-electron chi connectivity index (χ2n) is 8.25. The summed E-state index contributed by atoms with van der Waals surface area (Å²) in [5.41, 5.74) is 3.97.